The molecule has 1 aliphatic rings. The van der Waals surface area contributed by atoms with Gasteiger partial charge in [0.05, 0.1) is 5.41 Å². The lowest BCUT2D eigenvalue weighted by Crippen LogP contribution is -2.35. The predicted octanol–water partition coefficient (Wildman–Crippen LogP) is 6.33. The molecule has 4 aromatic carbocycles. The van der Waals surface area contributed by atoms with Crippen LogP contribution in [0, 0.1) is 6.92 Å². The molecule has 0 aliphatic carbocycles. The molecule has 5 heteroatoms. The first-order valence-corrected chi connectivity index (χ1v) is 11.4. The molecule has 0 spiro atoms. The first-order valence-electron chi connectivity index (χ1n) is 11.4. The highest BCUT2D eigenvalue weighted by molar-refractivity contribution is 5.76. The van der Waals surface area contributed by atoms with E-state index in [0.717, 1.165) is 27.8 Å². The molecule has 35 heavy (non-hydrogen) atoms. The van der Waals surface area contributed by atoms with E-state index in [1.165, 1.54) is 13.8 Å². The van der Waals surface area contributed by atoms with Gasteiger partial charge in [0.15, 0.2) is 0 Å². The standard InChI is InChI=1S/C30H24O5/c1-19-26(34-21(3)32)16-17-27-29(19)30(22-10-6-4-7-11-22,23-12-8-5-9-13-23)25-15-14-24(33-20(2)31)18-28(25)35-27/h4-18H,1-3H3. The fraction of sp³-hybridized carbons (Fsp3) is 0.133. The van der Waals surface area contributed by atoms with Crippen LogP contribution in [0.15, 0.2) is 91.0 Å². The topological polar surface area (TPSA) is 61.8 Å². The van der Waals surface area contributed by atoms with Crippen LogP contribution in [0.3, 0.4) is 0 Å². The van der Waals surface area contributed by atoms with Crippen LogP contribution in [0.5, 0.6) is 23.0 Å². The zero-order valence-corrected chi connectivity index (χ0v) is 19.7. The molecule has 0 saturated heterocycles. The van der Waals surface area contributed by atoms with Gasteiger partial charge in [-0.2, -0.15) is 0 Å². The lowest BCUT2D eigenvalue weighted by molar-refractivity contribution is -0.132. The summed E-state index contributed by atoms with van der Waals surface area (Å²) in [5, 5.41) is 0. The van der Waals surface area contributed by atoms with E-state index in [1.54, 1.807) is 18.2 Å². The minimum atomic E-state index is -0.777. The Morgan fingerprint density at radius 2 is 1.31 bits per heavy atom. The molecule has 0 aromatic heterocycles. The maximum atomic E-state index is 11.9. The summed E-state index contributed by atoms with van der Waals surface area (Å²) in [5.41, 5.74) is 3.86. The number of carbonyl (C=O) groups is 2. The third kappa shape index (κ3) is 3.75. The number of benzene rings is 4. The molecule has 0 saturated carbocycles. The van der Waals surface area contributed by atoms with Gasteiger partial charge in [-0.1, -0.05) is 66.7 Å². The normalized spacial score (nSPS) is 13.1. The van der Waals surface area contributed by atoms with Gasteiger partial charge in [0, 0.05) is 36.6 Å². The van der Waals surface area contributed by atoms with Crippen LogP contribution in [-0.2, 0) is 15.0 Å². The second-order valence-corrected chi connectivity index (χ2v) is 8.49. The quantitative estimate of drug-likeness (QED) is 0.230. The Bertz CT molecular complexity index is 1380. The van der Waals surface area contributed by atoms with Crippen LogP contribution in [0.2, 0.25) is 0 Å². The predicted molar refractivity (Wildman–Crippen MR) is 132 cm³/mol. The van der Waals surface area contributed by atoms with Crippen molar-refractivity contribution >= 4 is 11.9 Å². The van der Waals surface area contributed by atoms with E-state index in [9.17, 15) is 9.59 Å². The number of hydrogen-bond acceptors (Lipinski definition) is 5. The molecule has 5 nitrogen and oxygen atoms in total. The van der Waals surface area contributed by atoms with Gasteiger partial charge in [-0.05, 0) is 36.2 Å². The summed E-state index contributed by atoms with van der Waals surface area (Å²) >= 11 is 0. The Morgan fingerprint density at radius 3 is 1.89 bits per heavy atom. The smallest absolute Gasteiger partial charge is 0.308 e. The monoisotopic (exact) mass is 464 g/mol. The summed E-state index contributed by atoms with van der Waals surface area (Å²) < 4.78 is 17.3. The zero-order chi connectivity index (χ0) is 24.6. The highest BCUT2D eigenvalue weighted by Crippen LogP contribution is 2.57. The summed E-state index contributed by atoms with van der Waals surface area (Å²) in [6, 6.07) is 29.4. The summed E-state index contributed by atoms with van der Waals surface area (Å²) in [4.78, 5) is 23.5. The van der Waals surface area contributed by atoms with Gasteiger partial charge >= 0.3 is 11.9 Å². The zero-order valence-electron chi connectivity index (χ0n) is 19.7. The van der Waals surface area contributed by atoms with E-state index in [1.807, 2.05) is 55.5 Å². The summed E-state index contributed by atoms with van der Waals surface area (Å²) in [5.74, 6) is 1.32. The molecule has 4 aromatic rings. The van der Waals surface area contributed by atoms with Gasteiger partial charge < -0.3 is 14.2 Å². The van der Waals surface area contributed by atoms with Gasteiger partial charge in [0.2, 0.25) is 0 Å². The number of ether oxygens (including phenoxy) is 3. The Balaban J connectivity index is 1.91. The molecule has 0 unspecified atom stereocenters. The van der Waals surface area contributed by atoms with Crippen molar-refractivity contribution < 1.29 is 23.8 Å². The van der Waals surface area contributed by atoms with E-state index in [4.69, 9.17) is 14.2 Å². The van der Waals surface area contributed by atoms with E-state index in [-0.39, 0.29) is 5.97 Å². The van der Waals surface area contributed by atoms with Crippen LogP contribution < -0.4 is 14.2 Å². The van der Waals surface area contributed by atoms with Crippen molar-refractivity contribution in [2.45, 2.75) is 26.2 Å². The molecule has 174 valence electrons. The van der Waals surface area contributed by atoms with Gasteiger partial charge in [-0.15, -0.1) is 0 Å². The lowest BCUT2D eigenvalue weighted by Gasteiger charge is -2.42. The summed E-state index contributed by atoms with van der Waals surface area (Å²) in [7, 11) is 0. The molecule has 0 radical (unpaired) electrons. The van der Waals surface area contributed by atoms with Crippen molar-refractivity contribution in [2.75, 3.05) is 0 Å². The maximum Gasteiger partial charge on any atom is 0.308 e. The fourth-order valence-electron chi connectivity index (χ4n) is 5.01. The number of rotatable bonds is 4. The first-order chi connectivity index (χ1) is 16.9. The molecule has 1 aliphatic heterocycles. The molecule has 0 fully saturated rings. The number of hydrogen-bond donors (Lipinski definition) is 0. The molecule has 1 heterocycles. The Hall–Kier alpha value is -4.38. The largest absolute Gasteiger partial charge is 0.457 e. The molecule has 0 amide bonds. The van der Waals surface area contributed by atoms with Crippen molar-refractivity contribution in [1.29, 1.82) is 0 Å². The second kappa shape index (κ2) is 8.76. The first kappa shape index (κ1) is 22.4. The van der Waals surface area contributed by atoms with Crippen molar-refractivity contribution in [3.8, 4) is 23.0 Å². The van der Waals surface area contributed by atoms with Crippen molar-refractivity contribution in [2.24, 2.45) is 0 Å². The molecular weight excluding hydrogens is 440 g/mol. The second-order valence-electron chi connectivity index (χ2n) is 8.49. The maximum absolute atomic E-state index is 11.9. The van der Waals surface area contributed by atoms with Crippen molar-refractivity contribution in [1.82, 2.24) is 0 Å². The molecule has 0 N–H and O–H groups in total. The van der Waals surface area contributed by atoms with E-state index in [2.05, 4.69) is 24.3 Å². The van der Waals surface area contributed by atoms with Crippen LogP contribution >= 0.6 is 0 Å². The lowest BCUT2D eigenvalue weighted by atomic mass is 9.62. The van der Waals surface area contributed by atoms with E-state index >= 15 is 0 Å². The molecule has 0 atom stereocenters. The Labute approximate surface area is 203 Å². The van der Waals surface area contributed by atoms with Gasteiger partial charge in [-0.3, -0.25) is 9.59 Å². The third-order valence-electron chi connectivity index (χ3n) is 6.26. The Kier molecular flexibility index (Phi) is 5.61. The van der Waals surface area contributed by atoms with E-state index in [0.29, 0.717) is 23.0 Å². The Morgan fingerprint density at radius 1 is 0.714 bits per heavy atom. The van der Waals surface area contributed by atoms with Crippen molar-refractivity contribution in [3.05, 3.63) is 119 Å². The van der Waals surface area contributed by atoms with Crippen LogP contribution in [0.25, 0.3) is 0 Å². The number of carbonyl (C=O) groups excluding carboxylic acids is 2. The minimum Gasteiger partial charge on any atom is -0.457 e. The van der Waals surface area contributed by atoms with Crippen LogP contribution in [0.4, 0.5) is 0 Å². The van der Waals surface area contributed by atoms with E-state index < -0.39 is 11.4 Å². The summed E-state index contributed by atoms with van der Waals surface area (Å²) in [6.07, 6.45) is 0. The number of esters is 2. The van der Waals surface area contributed by atoms with Crippen LogP contribution in [-0.4, -0.2) is 11.9 Å². The number of fused-ring (bicyclic) bond motifs is 2. The molecule has 0 bridgehead atoms. The average Bonchev–Trinajstić information content (AvgIpc) is 2.85. The summed E-state index contributed by atoms with van der Waals surface area (Å²) in [6.45, 7) is 4.70. The molecular formula is C30H24O5. The fourth-order valence-corrected chi connectivity index (χ4v) is 5.01. The van der Waals surface area contributed by atoms with Gasteiger partial charge in [0.1, 0.15) is 23.0 Å². The highest BCUT2D eigenvalue weighted by Gasteiger charge is 2.47. The highest BCUT2D eigenvalue weighted by atomic mass is 16.5. The average molecular weight is 465 g/mol. The SMILES string of the molecule is CC(=O)Oc1ccc2c(c1)Oc1ccc(OC(C)=O)c(C)c1C2(c1ccccc1)c1ccccc1. The van der Waals surface area contributed by atoms with Crippen LogP contribution in [0.1, 0.15) is 41.7 Å². The minimum absolute atomic E-state index is 0.388. The van der Waals surface area contributed by atoms with Crippen molar-refractivity contribution in [3.63, 3.8) is 0 Å². The molecule has 5 rings (SSSR count). The third-order valence-corrected chi connectivity index (χ3v) is 6.26. The van der Waals surface area contributed by atoms with Gasteiger partial charge in [0.25, 0.3) is 0 Å². The van der Waals surface area contributed by atoms with Gasteiger partial charge in [-0.25, -0.2) is 0 Å².